The Balaban J connectivity index is 2.36. The molecule has 1 atom stereocenters. The molecule has 0 aromatic rings. The molecule has 0 radical (unpaired) electrons. The molecule has 0 aromatic carbocycles. The molecule has 2 nitrogen and oxygen atoms in total. The van der Waals surface area contributed by atoms with Gasteiger partial charge in [0.1, 0.15) is 0 Å². The van der Waals surface area contributed by atoms with Crippen LogP contribution in [0.3, 0.4) is 0 Å². The molecule has 0 aromatic heterocycles. The third kappa shape index (κ3) is 3.11. The second-order valence-corrected chi connectivity index (χ2v) is 4.62. The highest BCUT2D eigenvalue weighted by molar-refractivity contribution is 5.86. The zero-order valence-corrected chi connectivity index (χ0v) is 8.75. The molecule has 0 aliphatic heterocycles. The smallest absolute Gasteiger partial charge is 0.152 e. The zero-order chi connectivity index (χ0) is 9.84. The summed E-state index contributed by atoms with van der Waals surface area (Å²) in [6, 6.07) is -0.205. The van der Waals surface area contributed by atoms with Crippen molar-refractivity contribution in [2.75, 3.05) is 0 Å². The number of carbonyl (C=O) groups is 1. The van der Waals surface area contributed by atoms with Crippen LogP contribution in [0.25, 0.3) is 0 Å². The van der Waals surface area contributed by atoms with Gasteiger partial charge in [-0.1, -0.05) is 26.7 Å². The van der Waals surface area contributed by atoms with E-state index in [0.717, 1.165) is 19.3 Å². The van der Waals surface area contributed by atoms with E-state index in [4.69, 9.17) is 5.73 Å². The van der Waals surface area contributed by atoms with Gasteiger partial charge in [0, 0.05) is 5.92 Å². The molecule has 1 aliphatic rings. The van der Waals surface area contributed by atoms with Crippen molar-refractivity contribution in [3.05, 3.63) is 0 Å². The van der Waals surface area contributed by atoms with Gasteiger partial charge in [0.25, 0.3) is 0 Å². The Hall–Kier alpha value is -0.370. The van der Waals surface area contributed by atoms with Crippen molar-refractivity contribution in [2.24, 2.45) is 17.6 Å². The van der Waals surface area contributed by atoms with E-state index in [-0.39, 0.29) is 12.0 Å². The summed E-state index contributed by atoms with van der Waals surface area (Å²) in [4.78, 5) is 11.8. The van der Waals surface area contributed by atoms with Crippen molar-refractivity contribution in [3.63, 3.8) is 0 Å². The Bertz CT molecular complexity index is 171. The molecule has 13 heavy (non-hydrogen) atoms. The second-order valence-electron chi connectivity index (χ2n) is 4.62. The summed E-state index contributed by atoms with van der Waals surface area (Å²) in [6.07, 6.45) is 5.42. The minimum atomic E-state index is -0.205. The molecule has 2 heteroatoms. The lowest BCUT2D eigenvalue weighted by molar-refractivity contribution is -0.124. The van der Waals surface area contributed by atoms with E-state index >= 15 is 0 Å². The van der Waals surface area contributed by atoms with Crippen molar-refractivity contribution in [1.82, 2.24) is 0 Å². The Labute approximate surface area is 80.9 Å². The quantitative estimate of drug-likeness (QED) is 0.725. The first-order valence-corrected chi connectivity index (χ1v) is 5.40. The summed E-state index contributed by atoms with van der Waals surface area (Å²) in [5.74, 6) is 1.13. The summed E-state index contributed by atoms with van der Waals surface area (Å²) >= 11 is 0. The van der Waals surface area contributed by atoms with Gasteiger partial charge >= 0.3 is 0 Å². The molecule has 1 unspecified atom stereocenters. The molecular formula is C11H21NO. The fourth-order valence-corrected chi connectivity index (χ4v) is 2.14. The van der Waals surface area contributed by atoms with Crippen LogP contribution in [-0.4, -0.2) is 11.8 Å². The first-order valence-electron chi connectivity index (χ1n) is 5.40. The molecule has 0 heterocycles. The number of Topliss-reactive ketones (excluding diaryl/α,β-unsaturated/α-hetero) is 1. The van der Waals surface area contributed by atoms with Crippen LogP contribution < -0.4 is 5.73 Å². The zero-order valence-electron chi connectivity index (χ0n) is 8.75. The average Bonchev–Trinajstić information content (AvgIpc) is 2.53. The normalized spacial score (nSPS) is 20.9. The van der Waals surface area contributed by atoms with Gasteiger partial charge in [-0.05, 0) is 25.2 Å². The fraction of sp³-hybridized carbons (Fsp3) is 0.909. The van der Waals surface area contributed by atoms with Gasteiger partial charge in [-0.3, -0.25) is 4.79 Å². The SMILES string of the molecule is CC(C)CC(N)C(=O)C1CCCC1. The minimum Gasteiger partial charge on any atom is -0.321 e. The largest absolute Gasteiger partial charge is 0.321 e. The van der Waals surface area contributed by atoms with E-state index in [2.05, 4.69) is 13.8 Å². The predicted octanol–water partition coefficient (Wildman–Crippen LogP) is 2.12. The molecule has 1 fully saturated rings. The Morgan fingerprint density at radius 1 is 1.38 bits per heavy atom. The van der Waals surface area contributed by atoms with Crippen molar-refractivity contribution in [1.29, 1.82) is 0 Å². The van der Waals surface area contributed by atoms with Crippen molar-refractivity contribution in [2.45, 2.75) is 52.0 Å². The highest BCUT2D eigenvalue weighted by Crippen LogP contribution is 2.26. The summed E-state index contributed by atoms with van der Waals surface area (Å²) in [7, 11) is 0. The summed E-state index contributed by atoms with van der Waals surface area (Å²) in [5, 5.41) is 0. The molecule has 1 rings (SSSR count). The first-order chi connectivity index (χ1) is 6.11. The molecule has 2 N–H and O–H groups in total. The number of ketones is 1. The van der Waals surface area contributed by atoms with Gasteiger partial charge in [-0.15, -0.1) is 0 Å². The van der Waals surface area contributed by atoms with Crippen molar-refractivity contribution >= 4 is 5.78 Å². The van der Waals surface area contributed by atoms with E-state index in [1.165, 1.54) is 12.8 Å². The highest BCUT2D eigenvalue weighted by atomic mass is 16.1. The van der Waals surface area contributed by atoms with Crippen LogP contribution in [0.4, 0.5) is 0 Å². The lowest BCUT2D eigenvalue weighted by atomic mass is 9.92. The topological polar surface area (TPSA) is 43.1 Å². The van der Waals surface area contributed by atoms with E-state index in [1.54, 1.807) is 0 Å². The average molecular weight is 183 g/mol. The van der Waals surface area contributed by atoms with E-state index < -0.39 is 0 Å². The van der Waals surface area contributed by atoms with Crippen LogP contribution in [0.2, 0.25) is 0 Å². The maximum absolute atomic E-state index is 11.8. The fourth-order valence-electron chi connectivity index (χ4n) is 2.14. The Kier molecular flexibility index (Phi) is 3.91. The molecule has 76 valence electrons. The van der Waals surface area contributed by atoms with Crippen molar-refractivity contribution in [3.8, 4) is 0 Å². The Morgan fingerprint density at radius 2 is 1.92 bits per heavy atom. The van der Waals surface area contributed by atoms with Crippen LogP contribution in [0.1, 0.15) is 46.0 Å². The predicted molar refractivity (Wildman–Crippen MR) is 54.4 cm³/mol. The monoisotopic (exact) mass is 183 g/mol. The maximum Gasteiger partial charge on any atom is 0.152 e. The summed E-state index contributed by atoms with van der Waals surface area (Å²) < 4.78 is 0. The van der Waals surface area contributed by atoms with E-state index in [1.807, 2.05) is 0 Å². The van der Waals surface area contributed by atoms with Gasteiger partial charge in [0.2, 0.25) is 0 Å². The maximum atomic E-state index is 11.8. The lowest BCUT2D eigenvalue weighted by Gasteiger charge is -2.16. The lowest BCUT2D eigenvalue weighted by Crippen LogP contribution is -2.35. The van der Waals surface area contributed by atoms with Gasteiger partial charge in [-0.2, -0.15) is 0 Å². The molecule has 0 amide bonds. The Morgan fingerprint density at radius 3 is 2.38 bits per heavy atom. The summed E-state index contributed by atoms with van der Waals surface area (Å²) in [6.45, 7) is 4.23. The number of rotatable bonds is 4. The van der Waals surface area contributed by atoms with Gasteiger partial charge < -0.3 is 5.73 Å². The van der Waals surface area contributed by atoms with E-state index in [0.29, 0.717) is 11.7 Å². The molecule has 0 saturated heterocycles. The van der Waals surface area contributed by atoms with E-state index in [9.17, 15) is 4.79 Å². The minimum absolute atomic E-state index is 0.205. The summed E-state index contributed by atoms with van der Waals surface area (Å²) in [5.41, 5.74) is 5.85. The molecule has 1 saturated carbocycles. The van der Waals surface area contributed by atoms with Crippen LogP contribution in [0.15, 0.2) is 0 Å². The van der Waals surface area contributed by atoms with Gasteiger partial charge in [-0.25, -0.2) is 0 Å². The second kappa shape index (κ2) is 4.75. The van der Waals surface area contributed by atoms with Gasteiger partial charge in [0.15, 0.2) is 5.78 Å². The van der Waals surface area contributed by atoms with Crippen LogP contribution >= 0.6 is 0 Å². The number of hydrogen-bond donors (Lipinski definition) is 1. The number of nitrogens with two attached hydrogens (primary N) is 1. The van der Waals surface area contributed by atoms with Crippen LogP contribution in [0, 0.1) is 11.8 Å². The standard InChI is InChI=1S/C11H21NO/c1-8(2)7-10(12)11(13)9-5-3-4-6-9/h8-10H,3-7,12H2,1-2H3. The van der Waals surface area contributed by atoms with Crippen molar-refractivity contribution < 1.29 is 4.79 Å². The third-order valence-electron chi connectivity index (χ3n) is 2.85. The highest BCUT2D eigenvalue weighted by Gasteiger charge is 2.27. The number of carbonyl (C=O) groups excluding carboxylic acids is 1. The van der Waals surface area contributed by atoms with Crippen LogP contribution in [0.5, 0.6) is 0 Å². The number of hydrogen-bond acceptors (Lipinski definition) is 2. The third-order valence-corrected chi connectivity index (χ3v) is 2.85. The van der Waals surface area contributed by atoms with Gasteiger partial charge in [0.05, 0.1) is 6.04 Å². The molecule has 1 aliphatic carbocycles. The molecular weight excluding hydrogens is 162 g/mol. The molecule has 0 bridgehead atoms. The first kappa shape index (κ1) is 10.7. The van der Waals surface area contributed by atoms with Crippen LogP contribution in [-0.2, 0) is 4.79 Å². The molecule has 0 spiro atoms.